The van der Waals surface area contributed by atoms with E-state index in [0.717, 1.165) is 6.26 Å². The van der Waals surface area contributed by atoms with Crippen LogP contribution in [0.5, 0.6) is 0 Å². The van der Waals surface area contributed by atoms with Gasteiger partial charge in [0.15, 0.2) is 11.6 Å². The molecule has 0 heterocycles. The van der Waals surface area contributed by atoms with Crippen molar-refractivity contribution < 1.29 is 22.1 Å². The molecule has 106 valence electrons. The molecule has 0 fully saturated rings. The van der Waals surface area contributed by atoms with Gasteiger partial charge in [-0.25, -0.2) is 8.78 Å². The van der Waals surface area contributed by atoms with Crippen LogP contribution < -0.4 is 5.32 Å². The Balaban J connectivity index is 2.55. The quantitative estimate of drug-likeness (QED) is 0.533. The first-order chi connectivity index (χ1) is 9.43. The van der Waals surface area contributed by atoms with Crippen molar-refractivity contribution in [2.45, 2.75) is 4.90 Å². The maximum Gasteiger partial charge on any atom is 0.230 e. The average molecular weight is 303 g/mol. The van der Waals surface area contributed by atoms with Crippen LogP contribution in [0, 0.1) is 23.3 Å². The zero-order chi connectivity index (χ0) is 14.9. The van der Waals surface area contributed by atoms with Crippen molar-refractivity contribution in [2.75, 3.05) is 11.6 Å². The van der Waals surface area contributed by atoms with Gasteiger partial charge < -0.3 is 9.87 Å². The van der Waals surface area contributed by atoms with E-state index in [9.17, 15) is 22.1 Å². The standard InChI is InChI=1S/C13H9F4NOS/c1-20(19)13-10(16)8(14)12(9(15)11(13)17)18-7-5-3-2-4-6-7/h2-6,18H,1H3. The summed E-state index contributed by atoms with van der Waals surface area (Å²) >= 11 is -2.19. The van der Waals surface area contributed by atoms with Crippen LogP contribution in [0.2, 0.25) is 0 Å². The zero-order valence-electron chi connectivity index (χ0n) is 10.2. The average Bonchev–Trinajstić information content (AvgIpc) is 2.42. The number of anilines is 2. The first-order valence-corrected chi connectivity index (χ1v) is 7.00. The normalized spacial score (nSPS) is 12.3. The molecular weight excluding hydrogens is 294 g/mol. The molecule has 0 aromatic heterocycles. The van der Waals surface area contributed by atoms with Crippen molar-refractivity contribution in [1.82, 2.24) is 0 Å². The van der Waals surface area contributed by atoms with Crippen molar-refractivity contribution >= 4 is 22.6 Å². The zero-order valence-corrected chi connectivity index (χ0v) is 11.0. The predicted octanol–water partition coefficient (Wildman–Crippen LogP) is 3.72. The van der Waals surface area contributed by atoms with E-state index < -0.39 is 45.0 Å². The smallest absolute Gasteiger partial charge is 0.230 e. The van der Waals surface area contributed by atoms with Crippen LogP contribution in [0.3, 0.4) is 0 Å². The first-order valence-electron chi connectivity index (χ1n) is 5.45. The highest BCUT2D eigenvalue weighted by molar-refractivity contribution is 7.90. The minimum atomic E-state index is -2.19. The van der Waals surface area contributed by atoms with Gasteiger partial charge in [-0.15, -0.1) is 0 Å². The highest BCUT2D eigenvalue weighted by atomic mass is 32.2. The van der Waals surface area contributed by atoms with E-state index in [4.69, 9.17) is 0 Å². The predicted molar refractivity (Wildman–Crippen MR) is 68.3 cm³/mol. The van der Waals surface area contributed by atoms with Crippen LogP contribution in [0.25, 0.3) is 0 Å². The van der Waals surface area contributed by atoms with Gasteiger partial charge >= 0.3 is 0 Å². The molecule has 1 unspecified atom stereocenters. The molecule has 0 spiro atoms. The van der Waals surface area contributed by atoms with E-state index >= 15 is 0 Å². The molecule has 0 amide bonds. The van der Waals surface area contributed by atoms with Crippen LogP contribution in [0.15, 0.2) is 35.2 Å². The lowest BCUT2D eigenvalue weighted by atomic mass is 10.2. The van der Waals surface area contributed by atoms with Crippen LogP contribution in [0.4, 0.5) is 28.9 Å². The third kappa shape index (κ3) is 2.59. The van der Waals surface area contributed by atoms with Gasteiger partial charge in [-0.2, -0.15) is 8.78 Å². The minimum absolute atomic E-state index is 0.259. The molecule has 2 aromatic rings. The maximum absolute atomic E-state index is 13.8. The van der Waals surface area contributed by atoms with Crippen LogP contribution >= 0.6 is 0 Å². The molecule has 2 rings (SSSR count). The van der Waals surface area contributed by atoms with Gasteiger partial charge in [0.1, 0.15) is 11.9 Å². The van der Waals surface area contributed by atoms with E-state index in [1.54, 1.807) is 18.2 Å². The Hall–Kier alpha value is -1.73. The Morgan fingerprint density at radius 3 is 1.85 bits per heavy atom. The summed E-state index contributed by atoms with van der Waals surface area (Å²) in [5, 5.41) is 2.26. The van der Waals surface area contributed by atoms with Gasteiger partial charge in [-0.1, -0.05) is 18.2 Å². The largest absolute Gasteiger partial charge is 0.611 e. The molecule has 20 heavy (non-hydrogen) atoms. The van der Waals surface area contributed by atoms with Crippen molar-refractivity contribution in [3.8, 4) is 0 Å². The van der Waals surface area contributed by atoms with Gasteiger partial charge in [-0.3, -0.25) is 0 Å². The fraction of sp³-hybridized carbons (Fsp3) is 0.0769. The van der Waals surface area contributed by atoms with Gasteiger partial charge in [0.2, 0.25) is 16.5 Å². The second-order valence-electron chi connectivity index (χ2n) is 3.91. The molecule has 0 aliphatic heterocycles. The first kappa shape index (κ1) is 14.7. The number of rotatable bonds is 3. The lowest BCUT2D eigenvalue weighted by Gasteiger charge is -2.13. The second-order valence-corrected chi connectivity index (χ2v) is 5.22. The summed E-state index contributed by atoms with van der Waals surface area (Å²) in [7, 11) is 0. The Labute approximate surface area is 115 Å². The Kier molecular flexibility index (Phi) is 4.20. The molecule has 0 aliphatic rings. The Morgan fingerprint density at radius 1 is 0.900 bits per heavy atom. The summed E-state index contributed by atoms with van der Waals surface area (Å²) in [6.45, 7) is 0. The number of para-hydroxylation sites is 1. The van der Waals surface area contributed by atoms with Gasteiger partial charge in [0.05, 0.1) is 0 Å². The lowest BCUT2D eigenvalue weighted by Crippen LogP contribution is -2.12. The van der Waals surface area contributed by atoms with Crippen LogP contribution in [-0.2, 0) is 11.2 Å². The van der Waals surface area contributed by atoms with Crippen LogP contribution in [-0.4, -0.2) is 10.8 Å². The van der Waals surface area contributed by atoms with Crippen LogP contribution in [0.1, 0.15) is 0 Å². The van der Waals surface area contributed by atoms with Gasteiger partial charge in [-0.05, 0) is 23.3 Å². The molecule has 1 atom stereocenters. The number of hydrogen-bond donors (Lipinski definition) is 1. The SMILES string of the molecule is C[S+]([O-])c1c(F)c(F)c(Nc2ccccc2)c(F)c1F. The maximum atomic E-state index is 13.8. The molecule has 0 bridgehead atoms. The van der Waals surface area contributed by atoms with E-state index in [1.807, 2.05) is 0 Å². The summed E-state index contributed by atoms with van der Waals surface area (Å²) in [5.41, 5.74) is -0.699. The van der Waals surface area contributed by atoms with Gasteiger partial charge in [0, 0.05) is 5.69 Å². The summed E-state index contributed by atoms with van der Waals surface area (Å²) in [4.78, 5) is -1.11. The molecular formula is C13H9F4NOS. The monoisotopic (exact) mass is 303 g/mol. The molecule has 0 saturated carbocycles. The summed E-state index contributed by atoms with van der Waals surface area (Å²) in [6, 6.07) is 7.78. The molecule has 1 N–H and O–H groups in total. The Morgan fingerprint density at radius 2 is 1.40 bits per heavy atom. The molecule has 7 heteroatoms. The van der Waals surface area contributed by atoms with Gasteiger partial charge in [0.25, 0.3) is 0 Å². The number of halogens is 4. The van der Waals surface area contributed by atoms with E-state index in [1.165, 1.54) is 12.1 Å². The topological polar surface area (TPSA) is 35.1 Å². The second kappa shape index (κ2) is 5.72. The summed E-state index contributed by atoms with van der Waals surface area (Å²) < 4.78 is 66.0. The van der Waals surface area contributed by atoms with E-state index in [2.05, 4.69) is 5.32 Å². The molecule has 2 nitrogen and oxygen atoms in total. The fourth-order valence-corrected chi connectivity index (χ4v) is 2.32. The molecule has 0 saturated heterocycles. The fourth-order valence-electron chi connectivity index (χ4n) is 1.64. The molecule has 2 aromatic carbocycles. The van der Waals surface area contributed by atoms with E-state index in [0.29, 0.717) is 0 Å². The molecule has 0 radical (unpaired) electrons. The van der Waals surface area contributed by atoms with Crippen molar-refractivity contribution in [2.24, 2.45) is 0 Å². The number of benzene rings is 2. The summed E-state index contributed by atoms with van der Waals surface area (Å²) in [5.74, 6) is -6.55. The third-order valence-electron chi connectivity index (χ3n) is 2.55. The number of hydrogen-bond acceptors (Lipinski definition) is 2. The van der Waals surface area contributed by atoms with Crippen molar-refractivity contribution in [3.05, 3.63) is 53.6 Å². The lowest BCUT2D eigenvalue weighted by molar-refractivity contribution is 0.424. The summed E-state index contributed by atoms with van der Waals surface area (Å²) in [6.07, 6.45) is 0.935. The third-order valence-corrected chi connectivity index (χ3v) is 3.49. The number of nitrogens with one attached hydrogen (secondary N) is 1. The van der Waals surface area contributed by atoms with E-state index in [-0.39, 0.29) is 5.69 Å². The minimum Gasteiger partial charge on any atom is -0.611 e. The highest BCUT2D eigenvalue weighted by Gasteiger charge is 2.31. The van der Waals surface area contributed by atoms with Crippen molar-refractivity contribution in [3.63, 3.8) is 0 Å². The highest BCUT2D eigenvalue weighted by Crippen LogP contribution is 2.32. The molecule has 0 aliphatic carbocycles. The van der Waals surface area contributed by atoms with Crippen molar-refractivity contribution in [1.29, 1.82) is 0 Å². The Bertz CT molecular complexity index is 605.